The van der Waals surface area contributed by atoms with Crippen LogP contribution in [0.1, 0.15) is 30.1 Å². The number of nitrogens with zero attached hydrogens (tertiary/aromatic N) is 1. The van der Waals surface area contributed by atoms with Gasteiger partial charge in [-0.15, -0.1) is 0 Å². The maximum Gasteiger partial charge on any atom is 0.329 e. The van der Waals surface area contributed by atoms with Gasteiger partial charge in [0.1, 0.15) is 11.4 Å². The van der Waals surface area contributed by atoms with Crippen LogP contribution in [-0.2, 0) is 4.79 Å². The normalized spacial score (nSPS) is 22.6. The minimum absolute atomic E-state index is 0.154. The Morgan fingerprint density at radius 3 is 2.68 bits per heavy atom. The fourth-order valence-corrected chi connectivity index (χ4v) is 2.81. The van der Waals surface area contributed by atoms with Gasteiger partial charge in [0.05, 0.1) is 0 Å². The van der Waals surface area contributed by atoms with Gasteiger partial charge in [0.2, 0.25) is 0 Å². The Morgan fingerprint density at radius 1 is 1.42 bits per heavy atom. The molecule has 4 nitrogen and oxygen atoms in total. The van der Waals surface area contributed by atoms with Gasteiger partial charge < -0.3 is 10.0 Å². The lowest BCUT2D eigenvalue weighted by atomic mass is 9.98. The van der Waals surface area contributed by atoms with Crippen molar-refractivity contribution in [3.63, 3.8) is 0 Å². The summed E-state index contributed by atoms with van der Waals surface area (Å²) in [5.41, 5.74) is -1.06. The molecule has 0 radical (unpaired) electrons. The predicted octanol–water partition coefficient (Wildman–Crippen LogP) is 2.67. The van der Waals surface area contributed by atoms with Crippen LogP contribution in [0.3, 0.4) is 0 Å². The molecule has 2 rings (SSSR count). The third kappa shape index (κ3) is 2.49. The van der Waals surface area contributed by atoms with Crippen molar-refractivity contribution in [2.45, 2.75) is 25.3 Å². The van der Waals surface area contributed by atoms with Gasteiger partial charge in [-0.1, -0.05) is 15.9 Å². The highest BCUT2D eigenvalue weighted by Crippen LogP contribution is 2.31. The molecule has 0 spiro atoms. The third-order valence-electron chi connectivity index (χ3n) is 3.46. The molecule has 19 heavy (non-hydrogen) atoms. The van der Waals surface area contributed by atoms with Crippen molar-refractivity contribution < 1.29 is 19.1 Å². The number of benzene rings is 1. The van der Waals surface area contributed by atoms with Gasteiger partial charge in [0, 0.05) is 16.6 Å². The summed E-state index contributed by atoms with van der Waals surface area (Å²) in [6.45, 7) is 1.89. The highest BCUT2D eigenvalue weighted by atomic mass is 79.9. The largest absolute Gasteiger partial charge is 0.480 e. The highest BCUT2D eigenvalue weighted by Gasteiger charge is 2.46. The number of carbonyl (C=O) groups is 2. The van der Waals surface area contributed by atoms with Gasteiger partial charge in [-0.05, 0) is 38.0 Å². The van der Waals surface area contributed by atoms with Gasteiger partial charge in [-0.3, -0.25) is 4.79 Å². The molecular weight excluding hydrogens is 317 g/mol. The van der Waals surface area contributed by atoms with E-state index in [1.54, 1.807) is 0 Å². The summed E-state index contributed by atoms with van der Waals surface area (Å²) in [6, 6.07) is 3.86. The van der Waals surface area contributed by atoms with Crippen LogP contribution in [-0.4, -0.2) is 34.0 Å². The Labute approximate surface area is 118 Å². The average Bonchev–Trinajstić information content (AvgIpc) is 2.70. The van der Waals surface area contributed by atoms with Gasteiger partial charge in [-0.25, -0.2) is 9.18 Å². The second-order valence-electron chi connectivity index (χ2n) is 4.80. The molecule has 0 aromatic heterocycles. The SMILES string of the molecule is CC1(C(=O)O)CCCN1C(=O)c1cc(F)cc(Br)c1. The molecule has 0 aliphatic carbocycles. The summed E-state index contributed by atoms with van der Waals surface area (Å²) in [5, 5.41) is 9.27. The molecule has 1 amide bonds. The number of halogens is 2. The smallest absolute Gasteiger partial charge is 0.329 e. The van der Waals surface area contributed by atoms with Gasteiger partial charge in [0.15, 0.2) is 0 Å². The van der Waals surface area contributed by atoms with Crippen molar-refractivity contribution in [1.29, 1.82) is 0 Å². The van der Waals surface area contributed by atoms with E-state index in [1.165, 1.54) is 24.0 Å². The molecule has 1 fully saturated rings. The van der Waals surface area contributed by atoms with E-state index in [4.69, 9.17) is 0 Å². The lowest BCUT2D eigenvalue weighted by molar-refractivity contribution is -0.147. The summed E-state index contributed by atoms with van der Waals surface area (Å²) in [6.07, 6.45) is 1.04. The molecule has 1 heterocycles. The van der Waals surface area contributed by atoms with Crippen LogP contribution in [0.4, 0.5) is 4.39 Å². The van der Waals surface area contributed by atoms with E-state index in [2.05, 4.69) is 15.9 Å². The second kappa shape index (κ2) is 4.92. The molecule has 6 heteroatoms. The quantitative estimate of drug-likeness (QED) is 0.907. The van der Waals surface area contributed by atoms with E-state index in [9.17, 15) is 19.1 Å². The first kappa shape index (κ1) is 14.0. The Morgan fingerprint density at radius 2 is 2.11 bits per heavy atom. The first-order valence-corrected chi connectivity index (χ1v) is 6.65. The zero-order chi connectivity index (χ0) is 14.2. The lowest BCUT2D eigenvalue weighted by Crippen LogP contribution is -2.50. The van der Waals surface area contributed by atoms with Crippen molar-refractivity contribution in [2.75, 3.05) is 6.54 Å². The standard InChI is InChI=1S/C13H13BrFNO3/c1-13(12(18)19)3-2-4-16(13)11(17)8-5-9(14)7-10(15)6-8/h5-7H,2-4H2,1H3,(H,18,19). The first-order chi connectivity index (χ1) is 8.84. The molecule has 1 aliphatic rings. The van der Waals surface area contributed by atoms with E-state index < -0.39 is 23.2 Å². The van der Waals surface area contributed by atoms with Crippen molar-refractivity contribution in [1.82, 2.24) is 4.90 Å². The van der Waals surface area contributed by atoms with E-state index >= 15 is 0 Å². The van der Waals surface area contributed by atoms with Crippen LogP contribution >= 0.6 is 15.9 Å². The van der Waals surface area contributed by atoms with E-state index in [0.717, 1.165) is 6.07 Å². The molecule has 1 unspecified atom stereocenters. The zero-order valence-electron chi connectivity index (χ0n) is 10.3. The lowest BCUT2D eigenvalue weighted by Gasteiger charge is -2.31. The van der Waals surface area contributed by atoms with Crippen LogP contribution < -0.4 is 0 Å². The van der Waals surface area contributed by atoms with E-state index in [1.807, 2.05) is 0 Å². The summed E-state index contributed by atoms with van der Waals surface area (Å²) < 4.78 is 13.8. The van der Waals surface area contributed by atoms with Crippen molar-refractivity contribution in [2.24, 2.45) is 0 Å². The van der Waals surface area contributed by atoms with Crippen molar-refractivity contribution in [3.8, 4) is 0 Å². The highest BCUT2D eigenvalue weighted by molar-refractivity contribution is 9.10. The third-order valence-corrected chi connectivity index (χ3v) is 3.91. The number of carboxylic acids is 1. The molecule has 0 bridgehead atoms. The summed E-state index contributed by atoms with van der Waals surface area (Å²) in [5.74, 6) is -2.02. The van der Waals surface area contributed by atoms with Gasteiger partial charge in [0.25, 0.3) is 5.91 Å². The summed E-state index contributed by atoms with van der Waals surface area (Å²) in [4.78, 5) is 25.0. The molecular formula is C13H13BrFNO3. The van der Waals surface area contributed by atoms with Crippen LogP contribution in [0.5, 0.6) is 0 Å². The molecule has 0 saturated carbocycles. The number of hydrogen-bond acceptors (Lipinski definition) is 2. The predicted molar refractivity (Wildman–Crippen MR) is 70.4 cm³/mol. The second-order valence-corrected chi connectivity index (χ2v) is 5.71. The number of likely N-dealkylation sites (tertiary alicyclic amines) is 1. The minimum Gasteiger partial charge on any atom is -0.480 e. The Bertz CT molecular complexity index is 528. The van der Waals surface area contributed by atoms with E-state index in [0.29, 0.717) is 23.9 Å². The van der Waals surface area contributed by atoms with Crippen LogP contribution in [0.2, 0.25) is 0 Å². The summed E-state index contributed by atoms with van der Waals surface area (Å²) in [7, 11) is 0. The number of amides is 1. The summed E-state index contributed by atoms with van der Waals surface area (Å²) >= 11 is 3.12. The number of aliphatic carboxylic acids is 1. The van der Waals surface area contributed by atoms with E-state index in [-0.39, 0.29) is 5.56 Å². The zero-order valence-corrected chi connectivity index (χ0v) is 11.9. The fourth-order valence-electron chi connectivity index (χ4n) is 2.34. The maximum absolute atomic E-state index is 13.3. The van der Waals surface area contributed by atoms with Crippen molar-refractivity contribution in [3.05, 3.63) is 34.1 Å². The molecule has 1 saturated heterocycles. The molecule has 1 atom stereocenters. The number of hydrogen-bond donors (Lipinski definition) is 1. The fraction of sp³-hybridized carbons (Fsp3) is 0.385. The van der Waals surface area contributed by atoms with Crippen LogP contribution in [0, 0.1) is 5.82 Å². The number of carboxylic acid groups (broad SMARTS) is 1. The Kier molecular flexibility index (Phi) is 3.62. The number of carbonyl (C=O) groups excluding carboxylic acids is 1. The topological polar surface area (TPSA) is 57.6 Å². The Hall–Kier alpha value is -1.43. The number of rotatable bonds is 2. The molecule has 1 aromatic carbocycles. The molecule has 1 aliphatic heterocycles. The maximum atomic E-state index is 13.3. The first-order valence-electron chi connectivity index (χ1n) is 5.86. The average molecular weight is 330 g/mol. The van der Waals surface area contributed by atoms with Gasteiger partial charge >= 0.3 is 5.97 Å². The minimum atomic E-state index is -1.21. The molecule has 1 N–H and O–H groups in total. The Balaban J connectivity index is 2.36. The monoisotopic (exact) mass is 329 g/mol. The van der Waals surface area contributed by atoms with Gasteiger partial charge in [-0.2, -0.15) is 0 Å². The molecule has 102 valence electrons. The van der Waals surface area contributed by atoms with Crippen LogP contribution in [0.15, 0.2) is 22.7 Å². The van der Waals surface area contributed by atoms with Crippen LogP contribution in [0.25, 0.3) is 0 Å². The molecule has 1 aromatic rings. The van der Waals surface area contributed by atoms with Crippen molar-refractivity contribution >= 4 is 27.8 Å².